The quantitative estimate of drug-likeness (QED) is 0.833. The molecule has 112 valence electrons. The Morgan fingerprint density at radius 2 is 1.82 bits per heavy atom. The van der Waals surface area contributed by atoms with Crippen LogP contribution in [0.4, 0.5) is 0 Å². The molecular weight excluding hydrogens is 270 g/mol. The predicted octanol–water partition coefficient (Wildman–Crippen LogP) is 4.35. The van der Waals surface area contributed by atoms with Gasteiger partial charge in [-0.1, -0.05) is 42.5 Å². The van der Waals surface area contributed by atoms with E-state index >= 15 is 0 Å². The fourth-order valence-corrected chi connectivity index (χ4v) is 3.33. The average molecular weight is 291 g/mol. The summed E-state index contributed by atoms with van der Waals surface area (Å²) in [5, 5.41) is 0. The van der Waals surface area contributed by atoms with Crippen molar-refractivity contribution in [2.24, 2.45) is 0 Å². The molecular formula is C20H21NO. The highest BCUT2D eigenvalue weighted by Gasteiger charge is 2.20. The molecule has 2 nitrogen and oxygen atoms in total. The van der Waals surface area contributed by atoms with Gasteiger partial charge in [-0.15, -0.1) is 0 Å². The highest BCUT2D eigenvalue weighted by atomic mass is 16.5. The maximum atomic E-state index is 5.79. The van der Waals surface area contributed by atoms with Gasteiger partial charge in [-0.3, -0.25) is 4.90 Å². The van der Waals surface area contributed by atoms with Crippen LogP contribution in [0.1, 0.15) is 35.1 Å². The van der Waals surface area contributed by atoms with Crippen LogP contribution in [-0.2, 0) is 24.4 Å². The van der Waals surface area contributed by atoms with Gasteiger partial charge in [0.2, 0.25) is 0 Å². The van der Waals surface area contributed by atoms with Gasteiger partial charge in [0.05, 0.1) is 6.61 Å². The third-order valence-corrected chi connectivity index (χ3v) is 4.46. The van der Waals surface area contributed by atoms with Crippen molar-refractivity contribution in [2.75, 3.05) is 6.61 Å². The van der Waals surface area contributed by atoms with Crippen molar-refractivity contribution in [3.63, 3.8) is 0 Å². The number of fused-ring (bicyclic) bond motifs is 1. The molecule has 0 amide bonds. The minimum absolute atomic E-state index is 0.850. The van der Waals surface area contributed by atoms with Crippen molar-refractivity contribution in [2.45, 2.75) is 32.5 Å². The first kappa shape index (κ1) is 13.6. The fourth-order valence-electron chi connectivity index (χ4n) is 3.33. The minimum Gasteiger partial charge on any atom is -0.493 e. The van der Waals surface area contributed by atoms with Crippen LogP contribution in [0.15, 0.2) is 54.6 Å². The molecule has 2 heteroatoms. The van der Waals surface area contributed by atoms with E-state index in [4.69, 9.17) is 4.74 Å². The van der Waals surface area contributed by atoms with E-state index in [-0.39, 0.29) is 0 Å². The molecule has 4 rings (SSSR count). The third-order valence-electron chi connectivity index (χ3n) is 4.46. The maximum absolute atomic E-state index is 5.79. The number of ether oxygens (including phenoxy) is 1. The van der Waals surface area contributed by atoms with Gasteiger partial charge in [0.1, 0.15) is 5.76 Å². The zero-order chi connectivity index (χ0) is 14.8. The van der Waals surface area contributed by atoms with Gasteiger partial charge in [-0.25, -0.2) is 0 Å². The number of hydrogen-bond acceptors (Lipinski definition) is 2. The van der Waals surface area contributed by atoms with Crippen LogP contribution < -0.4 is 0 Å². The van der Waals surface area contributed by atoms with Gasteiger partial charge in [-0.05, 0) is 41.7 Å². The molecule has 0 fully saturated rings. The molecule has 0 N–H and O–H groups in total. The molecule has 0 radical (unpaired) electrons. The molecule has 0 saturated carbocycles. The molecule has 22 heavy (non-hydrogen) atoms. The standard InChI is InChI=1S/C20H21NO/c1-2-6-16(7-3-1)13-21-14-18-10-9-17(12-19(18)15-21)20-8-4-5-11-22-20/h1-3,6-10,12H,4-5,11,13-15H2. The van der Waals surface area contributed by atoms with Gasteiger partial charge >= 0.3 is 0 Å². The van der Waals surface area contributed by atoms with Gasteiger partial charge in [-0.2, -0.15) is 0 Å². The van der Waals surface area contributed by atoms with E-state index in [1.54, 1.807) is 0 Å². The summed E-state index contributed by atoms with van der Waals surface area (Å²) < 4.78 is 5.79. The lowest BCUT2D eigenvalue weighted by molar-refractivity contribution is 0.258. The van der Waals surface area contributed by atoms with Gasteiger partial charge in [0.25, 0.3) is 0 Å². The second-order valence-corrected chi connectivity index (χ2v) is 6.17. The third kappa shape index (κ3) is 2.79. The zero-order valence-corrected chi connectivity index (χ0v) is 12.8. The second kappa shape index (κ2) is 5.98. The first-order valence-electron chi connectivity index (χ1n) is 8.10. The summed E-state index contributed by atoms with van der Waals surface area (Å²) in [5.74, 6) is 1.07. The summed E-state index contributed by atoms with van der Waals surface area (Å²) in [6.45, 7) is 3.95. The Hall–Kier alpha value is -2.06. The molecule has 0 spiro atoms. The number of nitrogens with zero attached hydrogens (tertiary/aromatic N) is 1. The summed E-state index contributed by atoms with van der Waals surface area (Å²) in [4.78, 5) is 2.50. The van der Waals surface area contributed by atoms with Gasteiger partial charge < -0.3 is 4.74 Å². The van der Waals surface area contributed by atoms with Crippen LogP contribution in [-0.4, -0.2) is 11.5 Å². The average Bonchev–Trinajstić information content (AvgIpc) is 2.98. The van der Waals surface area contributed by atoms with Crippen molar-refractivity contribution < 1.29 is 4.74 Å². The Balaban J connectivity index is 1.50. The molecule has 2 heterocycles. The van der Waals surface area contributed by atoms with Crippen molar-refractivity contribution in [1.29, 1.82) is 0 Å². The summed E-state index contributed by atoms with van der Waals surface area (Å²) in [6, 6.07) is 17.5. The van der Waals surface area contributed by atoms with Crippen LogP contribution in [0.3, 0.4) is 0 Å². The van der Waals surface area contributed by atoms with Crippen molar-refractivity contribution in [1.82, 2.24) is 4.90 Å². The predicted molar refractivity (Wildman–Crippen MR) is 89.0 cm³/mol. The SMILES string of the molecule is C1=C(c2ccc3c(c2)CN(Cc2ccccc2)C3)OCCC1. The Morgan fingerprint density at radius 3 is 2.64 bits per heavy atom. The largest absolute Gasteiger partial charge is 0.493 e. The summed E-state index contributed by atoms with van der Waals surface area (Å²) in [7, 11) is 0. The molecule has 2 aliphatic heterocycles. The molecule has 2 aromatic carbocycles. The second-order valence-electron chi connectivity index (χ2n) is 6.17. The first-order valence-corrected chi connectivity index (χ1v) is 8.10. The lowest BCUT2D eigenvalue weighted by atomic mass is 10.0. The Morgan fingerprint density at radius 1 is 0.955 bits per heavy atom. The number of rotatable bonds is 3. The lowest BCUT2D eigenvalue weighted by Gasteiger charge is -2.15. The highest BCUT2D eigenvalue weighted by molar-refractivity contribution is 5.62. The lowest BCUT2D eigenvalue weighted by Crippen LogP contribution is -2.15. The van der Waals surface area contributed by atoms with Crippen molar-refractivity contribution in [3.8, 4) is 0 Å². The Bertz CT molecular complexity index is 690. The van der Waals surface area contributed by atoms with Crippen LogP contribution in [0, 0.1) is 0 Å². The highest BCUT2D eigenvalue weighted by Crippen LogP contribution is 2.29. The number of benzene rings is 2. The fraction of sp³-hybridized carbons (Fsp3) is 0.300. The van der Waals surface area contributed by atoms with E-state index in [1.807, 2.05) is 0 Å². The zero-order valence-electron chi connectivity index (χ0n) is 12.8. The molecule has 2 aromatic rings. The Labute approximate surface area is 132 Å². The molecule has 0 aliphatic carbocycles. The normalized spacial score (nSPS) is 17.7. The minimum atomic E-state index is 0.850. The number of allylic oxidation sites excluding steroid dienone is 1. The van der Waals surface area contributed by atoms with Crippen molar-refractivity contribution in [3.05, 3.63) is 76.9 Å². The van der Waals surface area contributed by atoms with E-state index in [0.717, 1.165) is 44.8 Å². The Kier molecular flexibility index (Phi) is 3.69. The van der Waals surface area contributed by atoms with E-state index in [2.05, 4.69) is 59.5 Å². The summed E-state index contributed by atoms with van der Waals surface area (Å²) in [6.07, 6.45) is 4.49. The van der Waals surface area contributed by atoms with Gasteiger partial charge in [0.15, 0.2) is 0 Å². The monoisotopic (exact) mass is 291 g/mol. The van der Waals surface area contributed by atoms with E-state index in [1.165, 1.54) is 22.3 Å². The van der Waals surface area contributed by atoms with Crippen LogP contribution in [0.25, 0.3) is 5.76 Å². The van der Waals surface area contributed by atoms with Crippen LogP contribution >= 0.6 is 0 Å². The van der Waals surface area contributed by atoms with E-state index < -0.39 is 0 Å². The molecule has 0 unspecified atom stereocenters. The number of hydrogen-bond donors (Lipinski definition) is 0. The molecule has 0 aromatic heterocycles. The summed E-state index contributed by atoms with van der Waals surface area (Å²) in [5.41, 5.74) is 5.52. The van der Waals surface area contributed by atoms with Crippen LogP contribution in [0.2, 0.25) is 0 Å². The molecule has 2 aliphatic rings. The van der Waals surface area contributed by atoms with Gasteiger partial charge in [0, 0.05) is 25.2 Å². The van der Waals surface area contributed by atoms with Crippen LogP contribution in [0.5, 0.6) is 0 Å². The topological polar surface area (TPSA) is 12.5 Å². The van der Waals surface area contributed by atoms with E-state index in [9.17, 15) is 0 Å². The maximum Gasteiger partial charge on any atom is 0.122 e. The molecule has 0 atom stereocenters. The first-order chi connectivity index (χ1) is 10.9. The molecule has 0 saturated heterocycles. The summed E-state index contributed by atoms with van der Waals surface area (Å²) >= 11 is 0. The van der Waals surface area contributed by atoms with Crippen molar-refractivity contribution >= 4 is 5.76 Å². The molecule has 0 bridgehead atoms. The smallest absolute Gasteiger partial charge is 0.122 e. The van der Waals surface area contributed by atoms with E-state index in [0.29, 0.717) is 0 Å².